The number of amides is 1. The van der Waals surface area contributed by atoms with E-state index in [1.165, 1.54) is 12.0 Å². The third-order valence-corrected chi connectivity index (χ3v) is 6.68. The Kier molecular flexibility index (Phi) is 5.24. The number of carbonyl (C=O) groups excluding carboxylic acids is 1. The van der Waals surface area contributed by atoms with Crippen molar-refractivity contribution in [2.45, 2.75) is 39.0 Å². The summed E-state index contributed by atoms with van der Waals surface area (Å²) >= 11 is 0. The molecular formula is C24H31N3O. The first-order chi connectivity index (χ1) is 13.5. The fourth-order valence-electron chi connectivity index (χ4n) is 5.25. The van der Waals surface area contributed by atoms with Crippen LogP contribution in [-0.2, 0) is 0 Å². The van der Waals surface area contributed by atoms with Gasteiger partial charge < -0.3 is 9.80 Å². The molecule has 1 amide bonds. The van der Waals surface area contributed by atoms with Crippen LogP contribution in [0.15, 0.2) is 42.6 Å². The van der Waals surface area contributed by atoms with E-state index < -0.39 is 0 Å². The van der Waals surface area contributed by atoms with Gasteiger partial charge in [0.1, 0.15) is 0 Å². The van der Waals surface area contributed by atoms with E-state index in [0.717, 1.165) is 55.8 Å². The van der Waals surface area contributed by atoms with Crippen LogP contribution in [0.25, 0.3) is 0 Å². The Labute approximate surface area is 168 Å². The highest BCUT2D eigenvalue weighted by Crippen LogP contribution is 2.44. The number of nitrogens with zero attached hydrogens (tertiary/aromatic N) is 3. The van der Waals surface area contributed by atoms with E-state index in [1.54, 1.807) is 6.20 Å². The lowest BCUT2D eigenvalue weighted by molar-refractivity contribution is 0.0224. The maximum Gasteiger partial charge on any atom is 0.255 e. The number of hydrogen-bond acceptors (Lipinski definition) is 3. The average Bonchev–Trinajstić information content (AvgIpc) is 2.68. The van der Waals surface area contributed by atoms with Gasteiger partial charge in [0.05, 0.1) is 5.56 Å². The summed E-state index contributed by atoms with van der Waals surface area (Å²) in [5, 5.41) is 0. The fourth-order valence-corrected chi connectivity index (χ4v) is 5.25. The molecule has 2 fully saturated rings. The summed E-state index contributed by atoms with van der Waals surface area (Å²) in [6.07, 6.45) is 5.15. The van der Waals surface area contributed by atoms with Crippen LogP contribution in [0.1, 0.15) is 52.4 Å². The minimum atomic E-state index is 0.142. The highest BCUT2D eigenvalue weighted by atomic mass is 16.2. The summed E-state index contributed by atoms with van der Waals surface area (Å²) in [5.74, 6) is 0.731. The molecular weight excluding hydrogens is 346 g/mol. The van der Waals surface area contributed by atoms with E-state index in [-0.39, 0.29) is 5.91 Å². The second-order valence-electron chi connectivity index (χ2n) is 8.94. The Morgan fingerprint density at radius 2 is 1.86 bits per heavy atom. The number of benzene rings is 1. The predicted octanol–water partition coefficient (Wildman–Crippen LogP) is 4.04. The monoisotopic (exact) mass is 377 g/mol. The van der Waals surface area contributed by atoms with E-state index in [4.69, 9.17) is 0 Å². The molecule has 0 saturated carbocycles. The standard InChI is InChI=1S/C24H31N3O/c1-18-13-19(2)25-15-22(18)23(28)27-11-9-24(10-12-27)14-21(16-26(3)17-24)20-7-5-4-6-8-20/h4-8,13,15,21H,9-12,14,16-17H2,1-3H3/t21-/m0/s1. The number of likely N-dealkylation sites (tertiary alicyclic amines) is 2. The zero-order valence-corrected chi connectivity index (χ0v) is 17.3. The number of carbonyl (C=O) groups is 1. The van der Waals surface area contributed by atoms with Crippen LogP contribution >= 0.6 is 0 Å². The minimum absolute atomic E-state index is 0.142. The number of piperidine rings is 2. The lowest BCUT2D eigenvalue weighted by Crippen LogP contribution is -2.51. The number of rotatable bonds is 2. The van der Waals surface area contributed by atoms with Crippen molar-refractivity contribution in [3.63, 3.8) is 0 Å². The van der Waals surface area contributed by atoms with Crippen molar-refractivity contribution in [1.29, 1.82) is 0 Å². The molecule has 148 valence electrons. The zero-order chi connectivity index (χ0) is 19.7. The van der Waals surface area contributed by atoms with Gasteiger partial charge in [-0.15, -0.1) is 0 Å². The van der Waals surface area contributed by atoms with Gasteiger partial charge in [0.25, 0.3) is 5.91 Å². The Morgan fingerprint density at radius 3 is 2.54 bits per heavy atom. The van der Waals surface area contributed by atoms with Crippen molar-refractivity contribution in [1.82, 2.24) is 14.8 Å². The molecule has 0 N–H and O–H groups in total. The van der Waals surface area contributed by atoms with Crippen LogP contribution in [0.4, 0.5) is 0 Å². The first-order valence-electron chi connectivity index (χ1n) is 10.4. The number of likely N-dealkylation sites (N-methyl/N-ethyl adjacent to an activating group) is 1. The summed E-state index contributed by atoms with van der Waals surface area (Å²) in [7, 11) is 2.25. The molecule has 4 rings (SSSR count). The predicted molar refractivity (Wildman–Crippen MR) is 113 cm³/mol. The van der Waals surface area contributed by atoms with E-state index in [2.05, 4.69) is 47.3 Å². The van der Waals surface area contributed by atoms with Crippen molar-refractivity contribution in [3.8, 4) is 0 Å². The van der Waals surface area contributed by atoms with Crippen LogP contribution < -0.4 is 0 Å². The molecule has 1 spiro atoms. The van der Waals surface area contributed by atoms with Crippen molar-refractivity contribution < 1.29 is 4.79 Å². The maximum absolute atomic E-state index is 13.0. The first-order valence-corrected chi connectivity index (χ1v) is 10.4. The van der Waals surface area contributed by atoms with Crippen LogP contribution in [0, 0.1) is 19.3 Å². The molecule has 4 heteroatoms. The van der Waals surface area contributed by atoms with E-state index in [0.29, 0.717) is 11.3 Å². The largest absolute Gasteiger partial charge is 0.339 e. The number of aryl methyl sites for hydroxylation is 2. The number of pyridine rings is 1. The van der Waals surface area contributed by atoms with Gasteiger partial charge >= 0.3 is 0 Å². The zero-order valence-electron chi connectivity index (χ0n) is 17.3. The van der Waals surface area contributed by atoms with Crippen molar-refractivity contribution >= 4 is 5.91 Å². The lowest BCUT2D eigenvalue weighted by atomic mass is 9.68. The molecule has 0 bridgehead atoms. The molecule has 1 atom stereocenters. The SMILES string of the molecule is Cc1cc(C)c(C(=O)N2CCC3(CC2)C[C@H](c2ccccc2)CN(C)C3)cn1. The molecule has 28 heavy (non-hydrogen) atoms. The second-order valence-corrected chi connectivity index (χ2v) is 8.94. The summed E-state index contributed by atoms with van der Waals surface area (Å²) < 4.78 is 0. The van der Waals surface area contributed by atoms with E-state index >= 15 is 0 Å². The maximum atomic E-state index is 13.0. The van der Waals surface area contributed by atoms with Crippen LogP contribution in [-0.4, -0.2) is 53.9 Å². The molecule has 1 aromatic carbocycles. The average molecular weight is 378 g/mol. The summed E-state index contributed by atoms with van der Waals surface area (Å²) in [6, 6.07) is 12.9. The minimum Gasteiger partial charge on any atom is -0.339 e. The van der Waals surface area contributed by atoms with Gasteiger partial charge in [-0.25, -0.2) is 0 Å². The normalized spacial score (nSPS) is 22.4. The van der Waals surface area contributed by atoms with Gasteiger partial charge in [-0.2, -0.15) is 0 Å². The Morgan fingerprint density at radius 1 is 1.14 bits per heavy atom. The topological polar surface area (TPSA) is 36.4 Å². The summed E-state index contributed by atoms with van der Waals surface area (Å²) in [4.78, 5) is 21.9. The third kappa shape index (κ3) is 3.83. The Balaban J connectivity index is 1.45. The highest BCUT2D eigenvalue weighted by Gasteiger charge is 2.42. The Hall–Kier alpha value is -2.20. The molecule has 2 aliphatic heterocycles. The van der Waals surface area contributed by atoms with E-state index in [1.807, 2.05) is 24.8 Å². The van der Waals surface area contributed by atoms with Gasteiger partial charge in [-0.3, -0.25) is 9.78 Å². The molecule has 0 radical (unpaired) electrons. The third-order valence-electron chi connectivity index (χ3n) is 6.68. The van der Waals surface area contributed by atoms with Crippen LogP contribution in [0.5, 0.6) is 0 Å². The molecule has 2 aromatic rings. The summed E-state index contributed by atoms with van der Waals surface area (Å²) in [6.45, 7) is 7.94. The lowest BCUT2D eigenvalue weighted by Gasteiger charge is -2.49. The second kappa shape index (κ2) is 7.67. The van der Waals surface area contributed by atoms with Gasteiger partial charge in [0, 0.05) is 38.1 Å². The van der Waals surface area contributed by atoms with Gasteiger partial charge in [-0.1, -0.05) is 30.3 Å². The highest BCUT2D eigenvalue weighted by molar-refractivity contribution is 5.95. The van der Waals surface area contributed by atoms with Crippen molar-refractivity contribution in [2.24, 2.45) is 5.41 Å². The molecule has 2 aliphatic rings. The van der Waals surface area contributed by atoms with Gasteiger partial charge in [0.15, 0.2) is 0 Å². The molecule has 0 aliphatic carbocycles. The first kappa shape index (κ1) is 19.1. The van der Waals surface area contributed by atoms with Crippen LogP contribution in [0.2, 0.25) is 0 Å². The summed E-state index contributed by atoms with van der Waals surface area (Å²) in [5.41, 5.74) is 4.52. The van der Waals surface area contributed by atoms with Crippen molar-refractivity contribution in [3.05, 3.63) is 65.0 Å². The molecule has 1 aromatic heterocycles. The smallest absolute Gasteiger partial charge is 0.255 e. The Bertz CT molecular complexity index is 840. The molecule has 3 heterocycles. The van der Waals surface area contributed by atoms with Crippen molar-refractivity contribution in [2.75, 3.05) is 33.2 Å². The molecule has 0 unspecified atom stereocenters. The van der Waals surface area contributed by atoms with Gasteiger partial charge in [-0.05, 0) is 68.7 Å². The molecule has 2 saturated heterocycles. The fraction of sp³-hybridized carbons (Fsp3) is 0.500. The number of aromatic nitrogens is 1. The van der Waals surface area contributed by atoms with Crippen LogP contribution in [0.3, 0.4) is 0 Å². The van der Waals surface area contributed by atoms with Gasteiger partial charge in [0.2, 0.25) is 0 Å². The molecule has 4 nitrogen and oxygen atoms in total. The quantitative estimate of drug-likeness (QED) is 0.792. The number of hydrogen-bond donors (Lipinski definition) is 0. The van der Waals surface area contributed by atoms with E-state index in [9.17, 15) is 4.79 Å².